The van der Waals surface area contributed by atoms with Gasteiger partial charge >= 0.3 is 12.1 Å². The molecule has 1 heterocycles. The number of esters is 1. The van der Waals surface area contributed by atoms with Crippen molar-refractivity contribution < 1.29 is 27.5 Å². The van der Waals surface area contributed by atoms with Gasteiger partial charge in [0, 0.05) is 5.56 Å². The van der Waals surface area contributed by atoms with Gasteiger partial charge in [0.2, 0.25) is 0 Å². The summed E-state index contributed by atoms with van der Waals surface area (Å²) in [5, 5.41) is 0. The minimum absolute atomic E-state index is 0.161. The number of alkyl halides is 3. The number of hydrogen-bond acceptors (Lipinski definition) is 4. The first kappa shape index (κ1) is 21.8. The molecule has 3 aromatic rings. The molecule has 158 valence electrons. The molecular weight excluding hydrogens is 417 g/mol. The number of amides is 1. The fourth-order valence-electron chi connectivity index (χ4n) is 3.07. The second kappa shape index (κ2) is 8.43. The molecule has 9 heteroatoms. The van der Waals surface area contributed by atoms with Crippen LogP contribution in [0.1, 0.15) is 34.0 Å². The first-order chi connectivity index (χ1) is 14.1. The van der Waals surface area contributed by atoms with E-state index in [4.69, 9.17) is 4.74 Å². The molecule has 0 saturated carbocycles. The van der Waals surface area contributed by atoms with E-state index in [1.807, 2.05) is 26.0 Å². The maximum Gasteiger partial charge on any atom is 0.416 e. The summed E-state index contributed by atoms with van der Waals surface area (Å²) in [6.07, 6.45) is -4.56. The first-order valence-corrected chi connectivity index (χ1v) is 9.94. The van der Waals surface area contributed by atoms with E-state index < -0.39 is 23.6 Å². The van der Waals surface area contributed by atoms with Crippen LogP contribution < -0.4 is 4.80 Å². The van der Waals surface area contributed by atoms with Crippen LogP contribution in [0.5, 0.6) is 0 Å². The Labute approximate surface area is 174 Å². The number of benzene rings is 2. The van der Waals surface area contributed by atoms with E-state index in [0.717, 1.165) is 34.0 Å². The smallest absolute Gasteiger partial charge is 0.416 e. The Balaban J connectivity index is 2.14. The van der Waals surface area contributed by atoms with Crippen molar-refractivity contribution in [3.8, 4) is 0 Å². The molecule has 2 aromatic carbocycles. The van der Waals surface area contributed by atoms with E-state index in [-0.39, 0.29) is 23.5 Å². The minimum atomic E-state index is -4.56. The molecule has 30 heavy (non-hydrogen) atoms. The number of halogens is 3. The van der Waals surface area contributed by atoms with Crippen molar-refractivity contribution in [2.24, 2.45) is 4.99 Å². The van der Waals surface area contributed by atoms with Crippen LogP contribution in [-0.2, 0) is 22.3 Å². The number of carbonyl (C=O) groups excluding carboxylic acids is 2. The largest absolute Gasteiger partial charge is 0.465 e. The number of rotatable bonds is 4. The third-order valence-electron chi connectivity index (χ3n) is 4.34. The fourth-order valence-corrected chi connectivity index (χ4v) is 4.14. The predicted molar refractivity (Wildman–Crippen MR) is 107 cm³/mol. The molecule has 0 aliphatic rings. The number of aromatic nitrogens is 1. The summed E-state index contributed by atoms with van der Waals surface area (Å²) < 4.78 is 46.3. The molecular formula is C21H19F3N2O3S. The summed E-state index contributed by atoms with van der Waals surface area (Å²) in [6.45, 7) is 5.54. The normalized spacial score (nSPS) is 12.4. The first-order valence-electron chi connectivity index (χ1n) is 9.12. The SMILES string of the molecule is CCOC(=O)Cn1c(=NC(=O)c2cccc(C(F)(F)F)c2)sc2c(C)cc(C)cc21. The van der Waals surface area contributed by atoms with Gasteiger partial charge in [-0.25, -0.2) is 0 Å². The Hall–Kier alpha value is -2.94. The summed E-state index contributed by atoms with van der Waals surface area (Å²) in [4.78, 5) is 29.0. The summed E-state index contributed by atoms with van der Waals surface area (Å²) >= 11 is 1.20. The van der Waals surface area contributed by atoms with E-state index in [1.165, 1.54) is 17.4 Å². The molecule has 1 aromatic heterocycles. The van der Waals surface area contributed by atoms with Gasteiger partial charge in [-0.1, -0.05) is 23.5 Å². The van der Waals surface area contributed by atoms with Crippen LogP contribution in [-0.4, -0.2) is 23.1 Å². The average Bonchev–Trinajstić information content (AvgIpc) is 2.99. The van der Waals surface area contributed by atoms with E-state index in [1.54, 1.807) is 11.5 Å². The van der Waals surface area contributed by atoms with E-state index in [0.29, 0.717) is 5.52 Å². The number of fused-ring (bicyclic) bond motifs is 1. The second-order valence-corrected chi connectivity index (χ2v) is 7.68. The quantitative estimate of drug-likeness (QED) is 0.560. The lowest BCUT2D eigenvalue weighted by Crippen LogP contribution is -2.23. The molecule has 0 bridgehead atoms. The minimum Gasteiger partial charge on any atom is -0.465 e. The van der Waals surface area contributed by atoms with Crippen LogP contribution in [0.25, 0.3) is 10.2 Å². The van der Waals surface area contributed by atoms with Crippen molar-refractivity contribution >= 4 is 33.4 Å². The maximum atomic E-state index is 13.0. The highest BCUT2D eigenvalue weighted by Gasteiger charge is 2.30. The molecule has 0 radical (unpaired) electrons. The lowest BCUT2D eigenvalue weighted by atomic mass is 10.1. The molecule has 0 fully saturated rings. The molecule has 3 rings (SSSR count). The number of carbonyl (C=O) groups is 2. The van der Waals surface area contributed by atoms with Crippen molar-refractivity contribution in [1.29, 1.82) is 0 Å². The zero-order valence-corrected chi connectivity index (χ0v) is 17.4. The van der Waals surface area contributed by atoms with E-state index in [2.05, 4.69) is 4.99 Å². The van der Waals surface area contributed by atoms with Crippen LogP contribution in [0.2, 0.25) is 0 Å². The highest BCUT2D eigenvalue weighted by atomic mass is 32.1. The second-order valence-electron chi connectivity index (χ2n) is 6.70. The highest BCUT2D eigenvalue weighted by molar-refractivity contribution is 7.16. The third-order valence-corrected chi connectivity index (χ3v) is 5.57. The predicted octanol–water partition coefficient (Wildman–Crippen LogP) is 4.64. The number of nitrogens with zero attached hydrogens (tertiary/aromatic N) is 2. The average molecular weight is 436 g/mol. The molecule has 0 aliphatic heterocycles. The molecule has 0 atom stereocenters. The number of thiazole rings is 1. The summed E-state index contributed by atoms with van der Waals surface area (Å²) in [7, 11) is 0. The molecule has 0 aliphatic carbocycles. The molecule has 0 spiro atoms. The number of ether oxygens (including phenoxy) is 1. The van der Waals surface area contributed by atoms with Gasteiger partial charge in [0.15, 0.2) is 4.80 Å². The van der Waals surface area contributed by atoms with Gasteiger partial charge in [-0.3, -0.25) is 9.59 Å². The molecule has 5 nitrogen and oxygen atoms in total. The van der Waals surface area contributed by atoms with E-state index >= 15 is 0 Å². The van der Waals surface area contributed by atoms with Gasteiger partial charge in [0.05, 0.1) is 22.4 Å². The Morgan fingerprint density at radius 1 is 1.17 bits per heavy atom. The van der Waals surface area contributed by atoms with Gasteiger partial charge < -0.3 is 9.30 Å². The van der Waals surface area contributed by atoms with Crippen LogP contribution in [0.15, 0.2) is 41.4 Å². The van der Waals surface area contributed by atoms with Crippen molar-refractivity contribution in [3.05, 3.63) is 63.5 Å². The maximum absolute atomic E-state index is 13.0. The molecule has 0 saturated heterocycles. The Bertz CT molecular complexity index is 1190. The summed E-state index contributed by atoms with van der Waals surface area (Å²) in [6, 6.07) is 7.93. The van der Waals surface area contributed by atoms with Crippen LogP contribution in [0.3, 0.4) is 0 Å². The zero-order chi connectivity index (χ0) is 22.1. The van der Waals surface area contributed by atoms with Crippen LogP contribution in [0, 0.1) is 13.8 Å². The Kier molecular flexibility index (Phi) is 6.12. The van der Waals surface area contributed by atoms with Crippen molar-refractivity contribution in [2.75, 3.05) is 6.61 Å². The third kappa shape index (κ3) is 4.62. The van der Waals surface area contributed by atoms with Crippen molar-refractivity contribution in [2.45, 2.75) is 33.5 Å². The Morgan fingerprint density at radius 2 is 1.90 bits per heavy atom. The van der Waals surface area contributed by atoms with Gasteiger partial charge in [-0.05, 0) is 56.2 Å². The van der Waals surface area contributed by atoms with Crippen molar-refractivity contribution in [1.82, 2.24) is 4.57 Å². The standard InChI is InChI=1S/C21H19F3N2O3S/c1-4-29-17(27)11-26-16-9-12(2)8-13(3)18(16)30-20(26)25-19(28)14-6-5-7-15(10-14)21(22,23)24/h5-10H,4,11H2,1-3H3. The van der Waals surface area contributed by atoms with Gasteiger partial charge in [-0.15, -0.1) is 0 Å². The Morgan fingerprint density at radius 3 is 2.57 bits per heavy atom. The molecule has 0 unspecified atom stereocenters. The van der Waals surface area contributed by atoms with Crippen LogP contribution in [0.4, 0.5) is 13.2 Å². The molecule has 1 amide bonds. The number of hydrogen-bond donors (Lipinski definition) is 0. The highest BCUT2D eigenvalue weighted by Crippen LogP contribution is 2.29. The van der Waals surface area contributed by atoms with E-state index in [9.17, 15) is 22.8 Å². The zero-order valence-electron chi connectivity index (χ0n) is 16.5. The van der Waals surface area contributed by atoms with Crippen molar-refractivity contribution in [3.63, 3.8) is 0 Å². The number of aryl methyl sites for hydroxylation is 2. The lowest BCUT2D eigenvalue weighted by Gasteiger charge is -2.07. The molecule has 0 N–H and O–H groups in total. The van der Waals surface area contributed by atoms with Gasteiger partial charge in [-0.2, -0.15) is 18.2 Å². The topological polar surface area (TPSA) is 60.7 Å². The van der Waals surface area contributed by atoms with Gasteiger partial charge in [0.1, 0.15) is 6.54 Å². The lowest BCUT2D eigenvalue weighted by molar-refractivity contribution is -0.143. The van der Waals surface area contributed by atoms with Gasteiger partial charge in [0.25, 0.3) is 5.91 Å². The van der Waals surface area contributed by atoms with Crippen LogP contribution >= 0.6 is 11.3 Å². The monoisotopic (exact) mass is 436 g/mol. The fraction of sp³-hybridized carbons (Fsp3) is 0.286. The summed E-state index contributed by atoms with van der Waals surface area (Å²) in [5.41, 5.74) is 1.51. The summed E-state index contributed by atoms with van der Waals surface area (Å²) in [5.74, 6) is -1.32.